The topological polar surface area (TPSA) is 83.0 Å². The van der Waals surface area contributed by atoms with Gasteiger partial charge in [0.05, 0.1) is 17.3 Å². The van der Waals surface area contributed by atoms with Crippen molar-refractivity contribution in [1.29, 1.82) is 0 Å². The number of likely N-dealkylation sites (N-methyl/N-ethyl adjacent to an activating group) is 1. The third-order valence-electron chi connectivity index (χ3n) is 5.10. The van der Waals surface area contributed by atoms with Gasteiger partial charge in [0.2, 0.25) is 17.7 Å². The molecule has 1 aliphatic rings. The van der Waals surface area contributed by atoms with Gasteiger partial charge in [0.25, 0.3) is 0 Å². The minimum atomic E-state index is -0.299. The molecule has 0 saturated carbocycles. The van der Waals surface area contributed by atoms with Gasteiger partial charge in [0, 0.05) is 25.9 Å². The van der Waals surface area contributed by atoms with Crippen molar-refractivity contribution in [2.75, 3.05) is 44.7 Å². The molecular weight excluding hydrogens is 392 g/mol. The Morgan fingerprint density at radius 3 is 2.48 bits per heavy atom. The number of carbonyl (C=O) groups is 3. The Balaban J connectivity index is 1.86. The average molecular weight is 419 g/mol. The predicted octanol–water partition coefficient (Wildman–Crippen LogP) is 2.13. The van der Waals surface area contributed by atoms with Gasteiger partial charge in [0.1, 0.15) is 12.3 Å². The van der Waals surface area contributed by atoms with Crippen molar-refractivity contribution < 1.29 is 19.1 Å². The highest BCUT2D eigenvalue weighted by Crippen LogP contribution is 2.31. The monoisotopic (exact) mass is 418 g/mol. The molecule has 2 aromatic rings. The summed E-state index contributed by atoms with van der Waals surface area (Å²) in [5.41, 5.74) is 0.778. The van der Waals surface area contributed by atoms with Gasteiger partial charge >= 0.3 is 0 Å². The average Bonchev–Trinajstić information content (AvgIpc) is 3.28. The Kier molecular flexibility index (Phi) is 6.81. The summed E-state index contributed by atoms with van der Waals surface area (Å²) >= 11 is 1.40. The van der Waals surface area contributed by atoms with Gasteiger partial charge in [-0.2, -0.15) is 0 Å². The van der Waals surface area contributed by atoms with Gasteiger partial charge in [0.15, 0.2) is 5.13 Å². The Morgan fingerprint density at radius 2 is 1.86 bits per heavy atom. The largest absolute Gasteiger partial charge is 0.497 e. The molecule has 0 spiro atoms. The van der Waals surface area contributed by atoms with E-state index >= 15 is 0 Å². The second kappa shape index (κ2) is 9.32. The molecule has 1 aromatic heterocycles. The van der Waals surface area contributed by atoms with Gasteiger partial charge in [-0.3, -0.25) is 24.2 Å². The molecule has 0 N–H and O–H groups in total. The molecule has 1 saturated heterocycles. The summed E-state index contributed by atoms with van der Waals surface area (Å²) in [6.45, 7) is 6.77. The summed E-state index contributed by atoms with van der Waals surface area (Å²) in [6, 6.07) is 5.57. The van der Waals surface area contributed by atoms with Crippen LogP contribution in [0.15, 0.2) is 18.2 Å². The lowest BCUT2D eigenvalue weighted by atomic mass is 10.3. The summed E-state index contributed by atoms with van der Waals surface area (Å²) in [6.07, 6.45) is 0.346. The van der Waals surface area contributed by atoms with Crippen LogP contribution in [-0.4, -0.2) is 72.3 Å². The van der Waals surface area contributed by atoms with Crippen molar-refractivity contribution in [3.05, 3.63) is 18.2 Å². The van der Waals surface area contributed by atoms with E-state index in [-0.39, 0.29) is 37.1 Å². The number of likely N-dealkylation sites (tertiary alicyclic amines) is 1. The van der Waals surface area contributed by atoms with Crippen LogP contribution in [0, 0.1) is 0 Å². The van der Waals surface area contributed by atoms with E-state index in [4.69, 9.17) is 4.74 Å². The number of amides is 3. The number of imide groups is 1. The highest BCUT2D eigenvalue weighted by molar-refractivity contribution is 7.22. The fourth-order valence-electron chi connectivity index (χ4n) is 3.26. The first-order valence-corrected chi connectivity index (χ1v) is 10.6. The van der Waals surface area contributed by atoms with Crippen LogP contribution in [0.4, 0.5) is 5.13 Å². The zero-order valence-electron chi connectivity index (χ0n) is 17.0. The van der Waals surface area contributed by atoms with Gasteiger partial charge in [-0.15, -0.1) is 0 Å². The Labute approximate surface area is 174 Å². The quantitative estimate of drug-likeness (QED) is 0.580. The van der Waals surface area contributed by atoms with Crippen molar-refractivity contribution in [1.82, 2.24) is 14.8 Å². The summed E-state index contributed by atoms with van der Waals surface area (Å²) in [7, 11) is 1.60. The third kappa shape index (κ3) is 4.73. The van der Waals surface area contributed by atoms with Crippen molar-refractivity contribution >= 4 is 44.4 Å². The van der Waals surface area contributed by atoms with E-state index in [0.717, 1.165) is 34.0 Å². The molecule has 0 aliphatic carbocycles. The minimum Gasteiger partial charge on any atom is -0.497 e. The fraction of sp³-hybridized carbons (Fsp3) is 0.500. The van der Waals surface area contributed by atoms with Crippen LogP contribution >= 0.6 is 11.3 Å². The fourth-order valence-corrected chi connectivity index (χ4v) is 4.30. The van der Waals surface area contributed by atoms with Crippen molar-refractivity contribution in [2.24, 2.45) is 0 Å². The lowest BCUT2D eigenvalue weighted by molar-refractivity contribution is -0.141. The zero-order chi connectivity index (χ0) is 21.0. The minimum absolute atomic E-state index is 0.173. The molecule has 8 nitrogen and oxygen atoms in total. The first-order chi connectivity index (χ1) is 14.0. The third-order valence-corrected chi connectivity index (χ3v) is 6.14. The molecule has 0 atom stereocenters. The molecule has 0 unspecified atom stereocenters. The van der Waals surface area contributed by atoms with Crippen molar-refractivity contribution in [3.63, 3.8) is 0 Å². The number of nitrogens with zero attached hydrogens (tertiary/aromatic N) is 4. The number of carbonyl (C=O) groups excluding carboxylic acids is 3. The van der Waals surface area contributed by atoms with Crippen molar-refractivity contribution in [2.45, 2.75) is 26.7 Å². The number of hydrogen-bond acceptors (Lipinski definition) is 7. The maximum Gasteiger partial charge on any atom is 0.248 e. The highest BCUT2D eigenvalue weighted by atomic mass is 32.1. The first kappa shape index (κ1) is 21.2. The molecule has 156 valence electrons. The number of hydrogen-bond donors (Lipinski definition) is 0. The van der Waals surface area contributed by atoms with Crippen LogP contribution in [0.3, 0.4) is 0 Å². The van der Waals surface area contributed by atoms with Crippen LogP contribution in [0.1, 0.15) is 26.7 Å². The molecule has 3 amide bonds. The standard InChI is InChI=1S/C20H26N4O4S/c1-4-22(5-2)10-11-23(19(27)13-24-17(25)8-9-18(24)26)20-21-15-7-6-14(28-3)12-16(15)29-20/h6-7,12H,4-5,8-11,13H2,1-3H3. The summed E-state index contributed by atoms with van der Waals surface area (Å²) < 4.78 is 6.18. The molecule has 1 aliphatic heterocycles. The molecule has 0 bridgehead atoms. The van der Waals surface area contributed by atoms with Gasteiger partial charge in [-0.25, -0.2) is 4.98 Å². The Bertz CT molecular complexity index is 893. The molecule has 0 radical (unpaired) electrons. The van der Waals surface area contributed by atoms with Crippen LogP contribution < -0.4 is 9.64 Å². The number of ether oxygens (including phenoxy) is 1. The maximum atomic E-state index is 13.1. The van der Waals surface area contributed by atoms with E-state index in [1.54, 1.807) is 12.0 Å². The number of thiazole rings is 1. The molecule has 9 heteroatoms. The Morgan fingerprint density at radius 1 is 1.17 bits per heavy atom. The number of benzene rings is 1. The number of fused-ring (bicyclic) bond motifs is 1. The maximum absolute atomic E-state index is 13.1. The lowest BCUT2D eigenvalue weighted by Gasteiger charge is -2.26. The van der Waals surface area contributed by atoms with Crippen LogP contribution in [0.2, 0.25) is 0 Å². The first-order valence-electron chi connectivity index (χ1n) is 9.77. The van der Waals surface area contributed by atoms with Gasteiger partial charge < -0.3 is 9.64 Å². The number of methoxy groups -OCH3 is 1. The van der Waals surface area contributed by atoms with Crippen LogP contribution in [-0.2, 0) is 14.4 Å². The van der Waals surface area contributed by atoms with E-state index in [0.29, 0.717) is 18.2 Å². The van der Waals surface area contributed by atoms with Crippen LogP contribution in [0.5, 0.6) is 5.75 Å². The lowest BCUT2D eigenvalue weighted by Crippen LogP contribution is -2.45. The smallest absolute Gasteiger partial charge is 0.248 e. The second-order valence-corrected chi connectivity index (χ2v) is 7.79. The van der Waals surface area contributed by atoms with E-state index < -0.39 is 0 Å². The molecule has 2 heterocycles. The van der Waals surface area contributed by atoms with E-state index in [2.05, 4.69) is 23.7 Å². The zero-order valence-corrected chi connectivity index (χ0v) is 17.8. The van der Waals surface area contributed by atoms with E-state index in [1.165, 1.54) is 11.3 Å². The second-order valence-electron chi connectivity index (χ2n) is 6.78. The molecule has 3 rings (SSSR count). The summed E-state index contributed by atoms with van der Waals surface area (Å²) in [5, 5.41) is 0.560. The molecule has 1 fully saturated rings. The summed E-state index contributed by atoms with van der Waals surface area (Å²) in [4.78, 5) is 46.5. The number of aromatic nitrogens is 1. The van der Waals surface area contributed by atoms with Gasteiger partial charge in [-0.1, -0.05) is 25.2 Å². The SMILES string of the molecule is CCN(CC)CCN(C(=O)CN1C(=O)CCC1=O)c1nc2ccc(OC)cc2s1. The molecule has 29 heavy (non-hydrogen) atoms. The van der Waals surface area contributed by atoms with Gasteiger partial charge in [-0.05, 0) is 31.3 Å². The van der Waals surface area contributed by atoms with Crippen molar-refractivity contribution in [3.8, 4) is 5.75 Å². The normalized spacial score (nSPS) is 14.3. The number of anilines is 1. The van der Waals surface area contributed by atoms with E-state index in [1.807, 2.05) is 18.2 Å². The predicted molar refractivity (Wildman–Crippen MR) is 112 cm³/mol. The van der Waals surface area contributed by atoms with E-state index in [9.17, 15) is 14.4 Å². The number of rotatable bonds is 9. The summed E-state index contributed by atoms with van der Waals surface area (Å²) in [5.74, 6) is -0.157. The van der Waals surface area contributed by atoms with Crippen LogP contribution in [0.25, 0.3) is 10.2 Å². The highest BCUT2D eigenvalue weighted by Gasteiger charge is 2.32. The Hall–Kier alpha value is -2.52. The molecular formula is C20H26N4O4S. The molecule has 1 aromatic carbocycles.